The van der Waals surface area contributed by atoms with Crippen molar-refractivity contribution < 1.29 is 24.6 Å². The van der Waals surface area contributed by atoms with E-state index in [0.29, 0.717) is 10.6 Å². The Kier molecular flexibility index (Phi) is 2.78. The van der Waals surface area contributed by atoms with E-state index < -0.39 is 22.8 Å². The van der Waals surface area contributed by atoms with Crippen LogP contribution in [0, 0.1) is 10.8 Å². The van der Waals surface area contributed by atoms with Crippen molar-refractivity contribution in [3.63, 3.8) is 0 Å². The van der Waals surface area contributed by atoms with Gasteiger partial charge < -0.3 is 15.1 Å². The zero-order valence-electron chi connectivity index (χ0n) is 10.9. The van der Waals surface area contributed by atoms with Gasteiger partial charge in [0.15, 0.2) is 0 Å². The number of aliphatic carboxylic acids is 2. The fraction of sp³-hybridized carbons (Fsp3) is 0.357. The molecule has 2 N–H and O–H groups in total. The molecule has 0 radical (unpaired) electrons. The van der Waals surface area contributed by atoms with Crippen molar-refractivity contribution in [2.45, 2.75) is 6.42 Å². The van der Waals surface area contributed by atoms with Gasteiger partial charge in [-0.3, -0.25) is 14.4 Å². The highest BCUT2D eigenvalue weighted by molar-refractivity contribution is 6.30. The molecule has 0 aromatic heterocycles. The summed E-state index contributed by atoms with van der Waals surface area (Å²) in [6.45, 7) is -0.147. The van der Waals surface area contributed by atoms with Gasteiger partial charge in [-0.05, 0) is 30.7 Å². The second-order valence-electron chi connectivity index (χ2n) is 5.62. The summed E-state index contributed by atoms with van der Waals surface area (Å²) >= 11 is 5.75. The number of piperidine rings is 1. The van der Waals surface area contributed by atoms with Crippen LogP contribution in [0.4, 0.5) is 0 Å². The predicted molar refractivity (Wildman–Crippen MR) is 72.1 cm³/mol. The number of nitrogens with zero attached hydrogens (tertiary/aromatic N) is 1. The summed E-state index contributed by atoms with van der Waals surface area (Å²) in [6.07, 6.45) is 0.0784. The molecule has 2 atom stereocenters. The van der Waals surface area contributed by atoms with Gasteiger partial charge in [-0.1, -0.05) is 11.6 Å². The van der Waals surface area contributed by atoms with Gasteiger partial charge in [-0.25, -0.2) is 0 Å². The standard InChI is InChI=1S/C14H12ClNO5/c15-9-3-1-8(2-4-9)10(17)16-6-13(11(18)19)5-14(13,7-16)12(20)21/h1-4H,5-7H2,(H,18,19)(H,20,21)/t13-,14+. The lowest BCUT2D eigenvalue weighted by Crippen LogP contribution is -2.34. The lowest BCUT2D eigenvalue weighted by molar-refractivity contribution is -0.151. The third-order valence-electron chi connectivity index (χ3n) is 4.51. The summed E-state index contributed by atoms with van der Waals surface area (Å²) < 4.78 is 0. The summed E-state index contributed by atoms with van der Waals surface area (Å²) in [5, 5.41) is 19.1. The van der Waals surface area contributed by atoms with E-state index in [4.69, 9.17) is 11.6 Å². The second kappa shape index (κ2) is 4.21. The summed E-state index contributed by atoms with van der Waals surface area (Å²) in [7, 11) is 0. The Morgan fingerprint density at radius 2 is 1.48 bits per heavy atom. The predicted octanol–water partition coefficient (Wildman–Crippen LogP) is 1.34. The SMILES string of the molecule is O=C(c1ccc(Cl)cc1)N1C[C@@]2(C(=O)O)C[C@@]2(C(=O)O)C1. The van der Waals surface area contributed by atoms with Gasteiger partial charge >= 0.3 is 11.9 Å². The minimum absolute atomic E-state index is 0.0733. The normalized spacial score (nSPS) is 29.9. The molecular formula is C14H12ClNO5. The molecule has 0 spiro atoms. The number of likely N-dealkylation sites (tertiary alicyclic amines) is 1. The molecule has 6 nitrogen and oxygen atoms in total. The fourth-order valence-corrected chi connectivity index (χ4v) is 3.33. The van der Waals surface area contributed by atoms with Crippen LogP contribution in [-0.4, -0.2) is 46.0 Å². The number of halogens is 1. The largest absolute Gasteiger partial charge is 0.481 e. The number of hydrogen-bond acceptors (Lipinski definition) is 3. The van der Waals surface area contributed by atoms with Crippen LogP contribution in [0.25, 0.3) is 0 Å². The van der Waals surface area contributed by atoms with Gasteiger partial charge in [-0.2, -0.15) is 0 Å². The van der Waals surface area contributed by atoms with E-state index in [-0.39, 0.29) is 25.4 Å². The maximum atomic E-state index is 12.4. The van der Waals surface area contributed by atoms with Gasteiger partial charge in [0, 0.05) is 23.7 Å². The molecule has 110 valence electrons. The molecule has 1 amide bonds. The molecular weight excluding hydrogens is 298 g/mol. The molecule has 2 aliphatic rings. The summed E-state index contributed by atoms with van der Waals surface area (Å²) in [5.74, 6) is -2.69. The number of amides is 1. The summed E-state index contributed by atoms with van der Waals surface area (Å²) in [6, 6.07) is 6.20. The minimum Gasteiger partial charge on any atom is -0.481 e. The second-order valence-corrected chi connectivity index (χ2v) is 6.06. The van der Waals surface area contributed by atoms with Crippen molar-refractivity contribution in [2.24, 2.45) is 10.8 Å². The van der Waals surface area contributed by atoms with E-state index in [1.54, 1.807) is 12.1 Å². The maximum Gasteiger partial charge on any atom is 0.312 e. The molecule has 21 heavy (non-hydrogen) atoms. The van der Waals surface area contributed by atoms with E-state index in [1.165, 1.54) is 17.0 Å². The average molecular weight is 310 g/mol. The van der Waals surface area contributed by atoms with Crippen LogP contribution < -0.4 is 0 Å². The molecule has 1 saturated carbocycles. The molecule has 1 saturated heterocycles. The maximum absolute atomic E-state index is 12.4. The number of fused-ring (bicyclic) bond motifs is 1. The Bertz CT molecular complexity index is 630. The number of hydrogen-bond donors (Lipinski definition) is 2. The van der Waals surface area contributed by atoms with Gasteiger partial charge in [0.05, 0.1) is 0 Å². The molecule has 1 aromatic rings. The summed E-state index contributed by atoms with van der Waals surface area (Å²) in [4.78, 5) is 36.5. The van der Waals surface area contributed by atoms with Gasteiger partial charge in [0.1, 0.15) is 10.8 Å². The Morgan fingerprint density at radius 3 is 1.90 bits per heavy atom. The third-order valence-corrected chi connectivity index (χ3v) is 4.77. The third kappa shape index (κ3) is 1.75. The molecule has 1 heterocycles. The summed E-state index contributed by atoms with van der Waals surface area (Å²) in [5.41, 5.74) is -2.33. The molecule has 3 rings (SSSR count). The highest BCUT2D eigenvalue weighted by atomic mass is 35.5. The first-order valence-electron chi connectivity index (χ1n) is 6.34. The fourth-order valence-electron chi connectivity index (χ4n) is 3.21. The minimum atomic E-state index is -1.35. The van der Waals surface area contributed by atoms with E-state index >= 15 is 0 Å². The van der Waals surface area contributed by atoms with Gasteiger partial charge in [-0.15, -0.1) is 0 Å². The Hall–Kier alpha value is -2.08. The highest BCUT2D eigenvalue weighted by Crippen LogP contribution is 2.68. The zero-order valence-corrected chi connectivity index (χ0v) is 11.6. The number of carbonyl (C=O) groups is 3. The topological polar surface area (TPSA) is 94.9 Å². The van der Waals surface area contributed by atoms with Crippen LogP contribution in [0.5, 0.6) is 0 Å². The van der Waals surface area contributed by atoms with E-state index in [2.05, 4.69) is 0 Å². The van der Waals surface area contributed by atoms with Crippen LogP contribution in [0.3, 0.4) is 0 Å². The van der Waals surface area contributed by atoms with Gasteiger partial charge in [0.2, 0.25) is 0 Å². The molecule has 1 aromatic carbocycles. The molecule has 2 fully saturated rings. The first-order valence-corrected chi connectivity index (χ1v) is 6.72. The van der Waals surface area contributed by atoms with Crippen molar-refractivity contribution in [2.75, 3.05) is 13.1 Å². The lowest BCUT2D eigenvalue weighted by atomic mass is 9.97. The quantitative estimate of drug-likeness (QED) is 0.878. The number of carboxylic acids is 2. The van der Waals surface area contributed by atoms with E-state index in [0.717, 1.165) is 0 Å². The molecule has 1 aliphatic carbocycles. The Morgan fingerprint density at radius 1 is 1.00 bits per heavy atom. The van der Waals surface area contributed by atoms with Crippen molar-refractivity contribution in [1.82, 2.24) is 4.90 Å². The molecule has 0 bridgehead atoms. The van der Waals surface area contributed by atoms with Crippen molar-refractivity contribution in [1.29, 1.82) is 0 Å². The molecule has 7 heteroatoms. The Balaban J connectivity index is 1.87. The van der Waals surface area contributed by atoms with E-state index in [9.17, 15) is 24.6 Å². The zero-order chi connectivity index (χ0) is 15.4. The van der Waals surface area contributed by atoms with Crippen LogP contribution in [0.2, 0.25) is 5.02 Å². The van der Waals surface area contributed by atoms with Crippen LogP contribution in [0.1, 0.15) is 16.8 Å². The van der Waals surface area contributed by atoms with Crippen LogP contribution in [0.15, 0.2) is 24.3 Å². The van der Waals surface area contributed by atoms with Crippen molar-refractivity contribution >= 4 is 29.4 Å². The highest BCUT2D eigenvalue weighted by Gasteiger charge is 2.81. The first kappa shape index (κ1) is 13.9. The lowest BCUT2D eigenvalue weighted by Gasteiger charge is -2.20. The smallest absolute Gasteiger partial charge is 0.312 e. The van der Waals surface area contributed by atoms with Gasteiger partial charge in [0.25, 0.3) is 5.91 Å². The molecule has 1 aliphatic heterocycles. The first-order chi connectivity index (χ1) is 9.82. The Labute approximate surface area is 124 Å². The number of carboxylic acid groups (broad SMARTS) is 2. The van der Waals surface area contributed by atoms with Crippen LogP contribution >= 0.6 is 11.6 Å². The van der Waals surface area contributed by atoms with Crippen molar-refractivity contribution in [3.05, 3.63) is 34.9 Å². The number of rotatable bonds is 3. The van der Waals surface area contributed by atoms with E-state index in [1.807, 2.05) is 0 Å². The number of benzene rings is 1. The molecule has 0 unspecified atom stereocenters. The average Bonchev–Trinajstić information content (AvgIpc) is 2.98. The number of carbonyl (C=O) groups excluding carboxylic acids is 1. The van der Waals surface area contributed by atoms with Crippen LogP contribution in [-0.2, 0) is 9.59 Å². The monoisotopic (exact) mass is 309 g/mol. The van der Waals surface area contributed by atoms with Crippen molar-refractivity contribution in [3.8, 4) is 0 Å².